The van der Waals surface area contributed by atoms with E-state index in [4.69, 9.17) is 5.26 Å². The van der Waals surface area contributed by atoms with Crippen LogP contribution in [0.1, 0.15) is 79.1 Å². The zero-order valence-electron chi connectivity index (χ0n) is 13.4. The molecule has 3 fully saturated rings. The van der Waals surface area contributed by atoms with Crippen molar-refractivity contribution >= 4 is 0 Å². The minimum Gasteiger partial charge on any atom is -0.199 e. The lowest BCUT2D eigenvalue weighted by atomic mass is 9.49. The van der Waals surface area contributed by atoms with Gasteiger partial charge < -0.3 is 0 Å². The van der Waals surface area contributed by atoms with Crippen molar-refractivity contribution in [3.8, 4) is 6.07 Å². The lowest BCUT2D eigenvalue weighted by Crippen LogP contribution is -2.44. The van der Waals surface area contributed by atoms with Crippen LogP contribution in [0.4, 0.5) is 0 Å². The van der Waals surface area contributed by atoms with Gasteiger partial charge in [-0.3, -0.25) is 0 Å². The summed E-state index contributed by atoms with van der Waals surface area (Å²) >= 11 is 0. The van der Waals surface area contributed by atoms with Crippen molar-refractivity contribution in [1.82, 2.24) is 0 Å². The summed E-state index contributed by atoms with van der Waals surface area (Å²) in [7, 11) is 0. The molecule has 3 aliphatic rings. The zero-order chi connectivity index (χ0) is 14.5. The number of nitrogens with zero attached hydrogens (tertiary/aromatic N) is 1. The van der Waals surface area contributed by atoms with Gasteiger partial charge in [-0.25, -0.2) is 0 Å². The molecule has 0 aromatic heterocycles. The first-order valence-electron chi connectivity index (χ1n) is 7.95. The molecule has 108 valence electrons. The molecule has 0 spiro atoms. The third-order valence-corrected chi connectivity index (χ3v) is 5.83. The van der Waals surface area contributed by atoms with Crippen LogP contribution < -0.4 is 0 Å². The van der Waals surface area contributed by atoms with E-state index >= 15 is 0 Å². The van der Waals surface area contributed by atoms with Crippen molar-refractivity contribution in [1.29, 1.82) is 5.26 Å². The van der Waals surface area contributed by atoms with Crippen molar-refractivity contribution in [3.63, 3.8) is 0 Å². The summed E-state index contributed by atoms with van der Waals surface area (Å²) in [6.45, 7) is 13.0. The van der Waals surface area contributed by atoms with Crippen LogP contribution >= 0.6 is 0 Å². The van der Waals surface area contributed by atoms with Gasteiger partial charge in [0.2, 0.25) is 0 Å². The fourth-order valence-electron chi connectivity index (χ4n) is 4.18. The van der Waals surface area contributed by atoms with E-state index < -0.39 is 0 Å². The van der Waals surface area contributed by atoms with Gasteiger partial charge in [0.25, 0.3) is 0 Å². The van der Waals surface area contributed by atoms with E-state index in [1.165, 1.54) is 58.3 Å². The Morgan fingerprint density at radius 1 is 1.16 bits per heavy atom. The van der Waals surface area contributed by atoms with Crippen LogP contribution in [-0.2, 0) is 0 Å². The second-order valence-electron chi connectivity index (χ2n) is 6.87. The van der Waals surface area contributed by atoms with Crippen LogP contribution in [0.3, 0.4) is 0 Å². The fraction of sp³-hybridized carbons (Fsp3) is 0.833. The molecule has 3 rings (SSSR count). The SMILES string of the molecule is C=C(CCC)C12CCC(C(C)C)(CC1)CC2.CC#N. The smallest absolute Gasteiger partial charge is 0.0587 e. The Hall–Kier alpha value is -0.770. The third-order valence-electron chi connectivity index (χ3n) is 5.83. The predicted molar refractivity (Wildman–Crippen MR) is 82.7 cm³/mol. The number of rotatable bonds is 4. The molecule has 0 saturated heterocycles. The minimum atomic E-state index is 0.562. The number of allylic oxidation sites excluding steroid dienone is 1. The molecule has 0 radical (unpaired) electrons. The standard InChI is InChI=1S/C16H28.C2H3N/c1-5-6-14(4)16-10-7-15(8-11-16,9-12-16)13(2)3;1-2-3/h13H,4-12H2,1-3H3;1H3. The Morgan fingerprint density at radius 3 is 1.89 bits per heavy atom. The number of hydrogen-bond donors (Lipinski definition) is 0. The molecule has 0 aromatic rings. The van der Waals surface area contributed by atoms with Crippen LogP contribution in [0, 0.1) is 28.1 Å². The van der Waals surface area contributed by atoms with Gasteiger partial charge in [0, 0.05) is 6.92 Å². The van der Waals surface area contributed by atoms with Gasteiger partial charge in [0.05, 0.1) is 6.07 Å². The summed E-state index contributed by atoms with van der Waals surface area (Å²) in [5.74, 6) is 0.880. The monoisotopic (exact) mass is 261 g/mol. The summed E-state index contributed by atoms with van der Waals surface area (Å²) in [6.07, 6.45) is 11.2. The molecule has 1 nitrogen and oxygen atoms in total. The van der Waals surface area contributed by atoms with Gasteiger partial charge >= 0.3 is 0 Å². The molecule has 19 heavy (non-hydrogen) atoms. The summed E-state index contributed by atoms with van der Waals surface area (Å²) in [5.41, 5.74) is 2.84. The summed E-state index contributed by atoms with van der Waals surface area (Å²) < 4.78 is 0. The van der Waals surface area contributed by atoms with Gasteiger partial charge in [-0.05, 0) is 61.7 Å². The molecule has 3 saturated carbocycles. The van der Waals surface area contributed by atoms with Crippen molar-refractivity contribution < 1.29 is 0 Å². The van der Waals surface area contributed by atoms with Crippen LogP contribution in [0.15, 0.2) is 12.2 Å². The summed E-state index contributed by atoms with van der Waals surface area (Å²) in [5, 5.41) is 7.32. The molecule has 0 N–H and O–H groups in total. The molecule has 0 unspecified atom stereocenters. The highest BCUT2D eigenvalue weighted by Crippen LogP contribution is 2.62. The molecule has 0 aliphatic heterocycles. The highest BCUT2D eigenvalue weighted by atomic mass is 14.5. The zero-order valence-corrected chi connectivity index (χ0v) is 13.4. The maximum Gasteiger partial charge on any atom is 0.0587 e. The first-order chi connectivity index (χ1) is 8.96. The molecular formula is C18H31N. The Labute approximate surface area is 120 Å². The molecule has 0 heterocycles. The van der Waals surface area contributed by atoms with Crippen molar-refractivity contribution in [2.75, 3.05) is 0 Å². The number of nitriles is 1. The van der Waals surface area contributed by atoms with Crippen LogP contribution in [0.2, 0.25) is 0 Å². The highest BCUT2D eigenvalue weighted by molar-refractivity contribution is 5.16. The molecule has 0 aromatic carbocycles. The van der Waals surface area contributed by atoms with E-state index in [2.05, 4.69) is 27.4 Å². The first kappa shape index (κ1) is 16.3. The van der Waals surface area contributed by atoms with Gasteiger partial charge in [-0.15, -0.1) is 0 Å². The average molecular weight is 261 g/mol. The van der Waals surface area contributed by atoms with E-state index in [-0.39, 0.29) is 0 Å². The van der Waals surface area contributed by atoms with Gasteiger partial charge in [-0.1, -0.05) is 39.3 Å². The van der Waals surface area contributed by atoms with E-state index in [1.54, 1.807) is 11.6 Å². The van der Waals surface area contributed by atoms with Crippen LogP contribution in [-0.4, -0.2) is 0 Å². The van der Waals surface area contributed by atoms with E-state index in [0.29, 0.717) is 10.8 Å². The Morgan fingerprint density at radius 2 is 1.58 bits per heavy atom. The van der Waals surface area contributed by atoms with E-state index in [9.17, 15) is 0 Å². The number of fused-ring (bicyclic) bond motifs is 3. The maximum atomic E-state index is 7.32. The molecule has 0 amide bonds. The Kier molecular flexibility index (Phi) is 5.65. The lowest BCUT2D eigenvalue weighted by molar-refractivity contribution is -0.0203. The van der Waals surface area contributed by atoms with Crippen LogP contribution in [0.5, 0.6) is 0 Å². The Balaban J connectivity index is 0.000000550. The first-order valence-corrected chi connectivity index (χ1v) is 7.95. The van der Waals surface area contributed by atoms with Crippen molar-refractivity contribution in [3.05, 3.63) is 12.2 Å². The topological polar surface area (TPSA) is 23.8 Å². The normalized spacial score (nSPS) is 32.4. The largest absolute Gasteiger partial charge is 0.199 e. The third kappa shape index (κ3) is 3.22. The molecule has 2 bridgehead atoms. The van der Waals surface area contributed by atoms with Gasteiger partial charge in [0.15, 0.2) is 0 Å². The Bertz CT molecular complexity index is 321. The van der Waals surface area contributed by atoms with E-state index in [1.807, 2.05) is 0 Å². The second-order valence-corrected chi connectivity index (χ2v) is 6.87. The molecule has 1 heteroatoms. The molecule has 3 aliphatic carbocycles. The van der Waals surface area contributed by atoms with Gasteiger partial charge in [0.1, 0.15) is 0 Å². The average Bonchev–Trinajstić information content (AvgIpc) is 2.42. The molecule has 0 atom stereocenters. The quantitative estimate of drug-likeness (QED) is 0.581. The summed E-state index contributed by atoms with van der Waals surface area (Å²) in [6, 6.07) is 1.75. The second kappa shape index (κ2) is 6.60. The maximum absolute atomic E-state index is 7.32. The predicted octanol–water partition coefficient (Wildman–Crippen LogP) is 5.87. The number of hydrogen-bond acceptors (Lipinski definition) is 1. The van der Waals surface area contributed by atoms with Gasteiger partial charge in [-0.2, -0.15) is 5.26 Å². The summed E-state index contributed by atoms with van der Waals surface area (Å²) in [4.78, 5) is 0. The van der Waals surface area contributed by atoms with Crippen molar-refractivity contribution in [2.24, 2.45) is 16.7 Å². The lowest BCUT2D eigenvalue weighted by Gasteiger charge is -2.56. The highest BCUT2D eigenvalue weighted by Gasteiger charge is 2.50. The minimum absolute atomic E-state index is 0.562. The fourth-order valence-corrected chi connectivity index (χ4v) is 4.18. The van der Waals surface area contributed by atoms with Crippen molar-refractivity contribution in [2.45, 2.75) is 79.1 Å². The van der Waals surface area contributed by atoms with Crippen LogP contribution in [0.25, 0.3) is 0 Å². The molecular weight excluding hydrogens is 230 g/mol. The van der Waals surface area contributed by atoms with E-state index in [0.717, 1.165) is 5.92 Å².